The van der Waals surface area contributed by atoms with Crippen LogP contribution in [0.25, 0.3) is 11.4 Å². The van der Waals surface area contributed by atoms with Crippen LogP contribution >= 0.6 is 35.0 Å². The number of hydrogen-bond acceptors (Lipinski definition) is 6. The van der Waals surface area contributed by atoms with Gasteiger partial charge in [-0.15, -0.1) is 10.2 Å². The second kappa shape index (κ2) is 10.5. The third-order valence-electron chi connectivity index (χ3n) is 4.10. The third-order valence-corrected chi connectivity index (χ3v) is 5.72. The first kappa shape index (κ1) is 22.1. The van der Waals surface area contributed by atoms with E-state index in [0.717, 1.165) is 17.1 Å². The SMILES string of the molecule is CCn1c(SCC(=O)N/N=C/c2c(Cl)cccc2Cl)nnc1-c1ccc(OC)cc1. The standard InChI is InChI=1S/C20H19Cl2N5O2S/c1-3-27-19(13-7-9-14(29-2)10-8-13)25-26-20(27)30-12-18(28)24-23-11-15-16(21)5-4-6-17(15)22/h4-11H,3,12H2,1-2H3,(H,24,28)/b23-11+. The van der Waals surface area contributed by atoms with Crippen molar-refractivity contribution in [3.8, 4) is 17.1 Å². The van der Waals surface area contributed by atoms with Crippen LogP contribution in [0.15, 0.2) is 52.7 Å². The maximum absolute atomic E-state index is 12.1. The molecule has 30 heavy (non-hydrogen) atoms. The van der Waals surface area contributed by atoms with Crippen molar-refractivity contribution < 1.29 is 9.53 Å². The minimum absolute atomic E-state index is 0.133. The average Bonchev–Trinajstić information content (AvgIpc) is 3.17. The molecular formula is C20H19Cl2N5O2S. The molecule has 1 heterocycles. The zero-order chi connectivity index (χ0) is 21.5. The molecule has 0 fully saturated rings. The molecule has 0 aliphatic heterocycles. The van der Waals surface area contributed by atoms with Crippen LogP contribution in [-0.4, -0.2) is 39.7 Å². The Morgan fingerprint density at radius 3 is 2.53 bits per heavy atom. The monoisotopic (exact) mass is 463 g/mol. The first-order chi connectivity index (χ1) is 14.5. The van der Waals surface area contributed by atoms with Gasteiger partial charge in [0, 0.05) is 17.7 Å². The number of methoxy groups -OCH3 is 1. The van der Waals surface area contributed by atoms with E-state index >= 15 is 0 Å². The first-order valence-electron chi connectivity index (χ1n) is 8.99. The highest BCUT2D eigenvalue weighted by molar-refractivity contribution is 7.99. The summed E-state index contributed by atoms with van der Waals surface area (Å²) in [6.07, 6.45) is 1.42. The van der Waals surface area contributed by atoms with Crippen LogP contribution in [0.5, 0.6) is 5.75 Å². The zero-order valence-corrected chi connectivity index (χ0v) is 18.6. The Morgan fingerprint density at radius 1 is 1.20 bits per heavy atom. The van der Waals surface area contributed by atoms with E-state index in [9.17, 15) is 4.79 Å². The Hall–Kier alpha value is -2.55. The smallest absolute Gasteiger partial charge is 0.250 e. The fourth-order valence-electron chi connectivity index (χ4n) is 2.60. The van der Waals surface area contributed by atoms with E-state index < -0.39 is 0 Å². The van der Waals surface area contributed by atoms with Crippen molar-refractivity contribution in [1.82, 2.24) is 20.2 Å². The molecular weight excluding hydrogens is 445 g/mol. The van der Waals surface area contributed by atoms with Gasteiger partial charge in [0.2, 0.25) is 0 Å². The molecule has 0 atom stereocenters. The van der Waals surface area contributed by atoms with Gasteiger partial charge in [0.05, 0.1) is 29.1 Å². The van der Waals surface area contributed by atoms with Gasteiger partial charge in [-0.2, -0.15) is 5.10 Å². The van der Waals surface area contributed by atoms with Gasteiger partial charge in [-0.05, 0) is 43.3 Å². The topological polar surface area (TPSA) is 81.4 Å². The molecule has 0 radical (unpaired) electrons. The molecule has 156 valence electrons. The van der Waals surface area contributed by atoms with Gasteiger partial charge in [-0.3, -0.25) is 4.79 Å². The summed E-state index contributed by atoms with van der Waals surface area (Å²) in [6, 6.07) is 12.7. The lowest BCUT2D eigenvalue weighted by molar-refractivity contribution is -0.118. The fourth-order valence-corrected chi connectivity index (χ4v) is 3.89. The molecule has 1 N–H and O–H groups in total. The van der Waals surface area contributed by atoms with Crippen molar-refractivity contribution in [2.24, 2.45) is 5.10 Å². The highest BCUT2D eigenvalue weighted by atomic mass is 35.5. The van der Waals surface area contributed by atoms with E-state index in [-0.39, 0.29) is 11.7 Å². The Labute approximate surface area is 188 Å². The molecule has 0 saturated carbocycles. The second-order valence-corrected chi connectivity index (χ2v) is 7.75. The molecule has 1 amide bonds. The predicted molar refractivity (Wildman–Crippen MR) is 121 cm³/mol. The van der Waals surface area contributed by atoms with Crippen LogP contribution in [0.4, 0.5) is 0 Å². The number of carbonyl (C=O) groups excluding carboxylic acids is 1. The van der Waals surface area contributed by atoms with Crippen molar-refractivity contribution >= 4 is 47.1 Å². The number of aromatic nitrogens is 3. The summed E-state index contributed by atoms with van der Waals surface area (Å²) >= 11 is 13.4. The summed E-state index contributed by atoms with van der Waals surface area (Å²) in [5.74, 6) is 1.35. The number of rotatable bonds is 8. The molecule has 0 saturated heterocycles. The van der Waals surface area contributed by atoms with E-state index in [4.69, 9.17) is 27.9 Å². The number of benzene rings is 2. The van der Waals surface area contributed by atoms with Crippen LogP contribution in [-0.2, 0) is 11.3 Å². The largest absolute Gasteiger partial charge is 0.497 e. The fraction of sp³-hybridized carbons (Fsp3) is 0.200. The van der Waals surface area contributed by atoms with Gasteiger partial charge in [0.15, 0.2) is 11.0 Å². The summed E-state index contributed by atoms with van der Waals surface area (Å²) in [4.78, 5) is 12.1. The maximum Gasteiger partial charge on any atom is 0.250 e. The summed E-state index contributed by atoms with van der Waals surface area (Å²) < 4.78 is 7.14. The molecule has 10 heteroatoms. The summed E-state index contributed by atoms with van der Waals surface area (Å²) in [5.41, 5.74) is 3.93. The van der Waals surface area contributed by atoms with Gasteiger partial charge in [0.25, 0.3) is 5.91 Å². The number of amides is 1. The highest BCUT2D eigenvalue weighted by Gasteiger charge is 2.14. The zero-order valence-electron chi connectivity index (χ0n) is 16.3. The van der Waals surface area contributed by atoms with Crippen molar-refractivity contribution in [3.05, 3.63) is 58.1 Å². The Balaban J connectivity index is 1.62. The lowest BCUT2D eigenvalue weighted by Gasteiger charge is -2.07. The Morgan fingerprint density at radius 2 is 1.90 bits per heavy atom. The Bertz CT molecular complexity index is 1030. The minimum atomic E-state index is -0.281. The van der Waals surface area contributed by atoms with E-state index in [2.05, 4.69) is 20.7 Å². The number of carbonyl (C=O) groups is 1. The second-order valence-electron chi connectivity index (χ2n) is 6.00. The molecule has 0 spiro atoms. The molecule has 2 aromatic carbocycles. The summed E-state index contributed by atoms with van der Waals surface area (Å²) in [5, 5.41) is 14.0. The van der Waals surface area contributed by atoms with Crippen molar-refractivity contribution in [2.45, 2.75) is 18.6 Å². The molecule has 1 aromatic heterocycles. The van der Waals surface area contributed by atoms with Crippen LogP contribution in [0, 0.1) is 0 Å². The van der Waals surface area contributed by atoms with E-state index in [0.29, 0.717) is 27.3 Å². The van der Waals surface area contributed by atoms with Crippen molar-refractivity contribution in [3.63, 3.8) is 0 Å². The molecule has 3 rings (SSSR count). The van der Waals surface area contributed by atoms with Crippen LogP contribution < -0.4 is 10.2 Å². The Kier molecular flexibility index (Phi) is 7.73. The normalized spacial score (nSPS) is 11.1. The highest BCUT2D eigenvalue weighted by Crippen LogP contribution is 2.25. The van der Waals surface area contributed by atoms with Gasteiger partial charge >= 0.3 is 0 Å². The van der Waals surface area contributed by atoms with E-state index in [1.54, 1.807) is 25.3 Å². The minimum Gasteiger partial charge on any atom is -0.497 e. The van der Waals surface area contributed by atoms with E-state index in [1.165, 1.54) is 18.0 Å². The predicted octanol–water partition coefficient (Wildman–Crippen LogP) is 4.52. The number of hydrogen-bond donors (Lipinski definition) is 1. The third kappa shape index (κ3) is 5.33. The number of halogens is 2. The summed E-state index contributed by atoms with van der Waals surface area (Å²) in [6.45, 7) is 2.67. The van der Waals surface area contributed by atoms with Gasteiger partial charge < -0.3 is 9.30 Å². The van der Waals surface area contributed by atoms with Crippen molar-refractivity contribution in [1.29, 1.82) is 0 Å². The molecule has 0 unspecified atom stereocenters. The van der Waals surface area contributed by atoms with Crippen LogP contribution in [0.2, 0.25) is 10.0 Å². The van der Waals surface area contributed by atoms with Gasteiger partial charge in [-0.1, -0.05) is 41.0 Å². The lowest BCUT2D eigenvalue weighted by Crippen LogP contribution is -2.20. The van der Waals surface area contributed by atoms with Crippen molar-refractivity contribution in [2.75, 3.05) is 12.9 Å². The lowest BCUT2D eigenvalue weighted by atomic mass is 10.2. The van der Waals surface area contributed by atoms with E-state index in [1.807, 2.05) is 35.8 Å². The number of nitrogens with zero attached hydrogens (tertiary/aromatic N) is 4. The van der Waals surface area contributed by atoms with Gasteiger partial charge in [-0.25, -0.2) is 5.43 Å². The quantitative estimate of drug-likeness (QED) is 0.301. The van der Waals surface area contributed by atoms with Gasteiger partial charge in [0.1, 0.15) is 5.75 Å². The number of thioether (sulfide) groups is 1. The molecule has 0 bridgehead atoms. The number of nitrogens with one attached hydrogen (secondary N) is 1. The van der Waals surface area contributed by atoms with Crippen LogP contribution in [0.1, 0.15) is 12.5 Å². The maximum atomic E-state index is 12.1. The van der Waals surface area contributed by atoms with Crippen LogP contribution in [0.3, 0.4) is 0 Å². The summed E-state index contributed by atoms with van der Waals surface area (Å²) in [7, 11) is 1.62. The molecule has 0 aliphatic carbocycles. The first-order valence-corrected chi connectivity index (χ1v) is 10.7. The molecule has 3 aromatic rings. The number of hydrazone groups is 1. The molecule has 7 nitrogen and oxygen atoms in total. The number of ether oxygens (including phenoxy) is 1. The average molecular weight is 464 g/mol. The molecule has 0 aliphatic rings.